The van der Waals surface area contributed by atoms with Gasteiger partial charge in [0.15, 0.2) is 0 Å². The normalized spacial score (nSPS) is 24.4. The van der Waals surface area contributed by atoms with Gasteiger partial charge in [-0.05, 0) is 43.9 Å². The molecule has 0 spiro atoms. The largest absolute Gasteiger partial charge is 0.508 e. The predicted octanol–water partition coefficient (Wildman–Crippen LogP) is 4.02. The molecule has 1 fully saturated rings. The van der Waals surface area contributed by atoms with Gasteiger partial charge in [-0.3, -0.25) is 0 Å². The van der Waals surface area contributed by atoms with E-state index >= 15 is 0 Å². The molecule has 0 bridgehead atoms. The quantitative estimate of drug-likeness (QED) is 0.854. The van der Waals surface area contributed by atoms with Crippen molar-refractivity contribution < 1.29 is 9.84 Å². The third-order valence-electron chi connectivity index (χ3n) is 4.55. The third-order valence-corrected chi connectivity index (χ3v) is 4.55. The zero-order valence-electron chi connectivity index (χ0n) is 12.9. The van der Waals surface area contributed by atoms with Crippen molar-refractivity contribution in [3.63, 3.8) is 0 Å². The molecule has 1 aromatic rings. The molecule has 3 atom stereocenters. The summed E-state index contributed by atoms with van der Waals surface area (Å²) >= 11 is 0. The van der Waals surface area contributed by atoms with E-state index in [-0.39, 0.29) is 6.04 Å². The summed E-state index contributed by atoms with van der Waals surface area (Å²) in [5, 5.41) is 13.7. The molecular formula is C17H27NO2. The van der Waals surface area contributed by atoms with E-state index in [2.05, 4.69) is 19.2 Å². The summed E-state index contributed by atoms with van der Waals surface area (Å²) in [6.07, 6.45) is 6.45. The molecule has 1 aliphatic carbocycles. The number of rotatable bonds is 5. The summed E-state index contributed by atoms with van der Waals surface area (Å²) in [5.74, 6) is 1.99. The average molecular weight is 277 g/mol. The van der Waals surface area contributed by atoms with E-state index in [4.69, 9.17) is 4.74 Å². The van der Waals surface area contributed by atoms with E-state index in [0.717, 1.165) is 17.2 Å². The predicted molar refractivity (Wildman–Crippen MR) is 82.2 cm³/mol. The number of phenolic OH excluding ortho intramolecular Hbond substituents is 1. The Morgan fingerprint density at radius 1 is 1.40 bits per heavy atom. The van der Waals surface area contributed by atoms with Crippen LogP contribution in [0, 0.1) is 5.92 Å². The highest BCUT2D eigenvalue weighted by atomic mass is 16.5. The van der Waals surface area contributed by atoms with Crippen molar-refractivity contribution in [3.8, 4) is 11.5 Å². The van der Waals surface area contributed by atoms with Gasteiger partial charge in [0, 0.05) is 17.6 Å². The first-order valence-electron chi connectivity index (χ1n) is 7.77. The molecule has 20 heavy (non-hydrogen) atoms. The van der Waals surface area contributed by atoms with Crippen molar-refractivity contribution in [1.82, 2.24) is 5.32 Å². The molecule has 2 N–H and O–H groups in total. The minimum atomic E-state index is 0.144. The number of phenols is 1. The Bertz CT molecular complexity index is 433. The molecule has 0 radical (unpaired) electrons. The summed E-state index contributed by atoms with van der Waals surface area (Å²) in [4.78, 5) is 0. The number of aromatic hydroxyl groups is 1. The van der Waals surface area contributed by atoms with Crippen LogP contribution in [0.25, 0.3) is 0 Å². The molecule has 3 unspecified atom stereocenters. The highest BCUT2D eigenvalue weighted by Gasteiger charge is 2.23. The van der Waals surface area contributed by atoms with Crippen LogP contribution in [0.1, 0.15) is 57.6 Å². The summed E-state index contributed by atoms with van der Waals surface area (Å²) in [7, 11) is 1.65. The minimum absolute atomic E-state index is 0.144. The number of ether oxygens (including phenoxy) is 1. The number of hydrogen-bond donors (Lipinski definition) is 2. The SMILES string of the molecule is CCC1CCCC(NC(C)c2cc(OC)ccc2O)C1. The molecule has 0 heterocycles. The fraction of sp³-hybridized carbons (Fsp3) is 0.647. The topological polar surface area (TPSA) is 41.5 Å². The standard InChI is InChI=1S/C17H27NO2/c1-4-13-6-5-7-14(10-13)18-12(2)16-11-15(20-3)8-9-17(16)19/h8-9,11-14,18-19H,4-7,10H2,1-3H3. The van der Waals surface area contributed by atoms with Crippen LogP contribution in [0.2, 0.25) is 0 Å². The van der Waals surface area contributed by atoms with E-state index in [9.17, 15) is 5.11 Å². The van der Waals surface area contributed by atoms with Crippen LogP contribution in [0.3, 0.4) is 0 Å². The zero-order chi connectivity index (χ0) is 14.5. The number of nitrogens with one attached hydrogen (secondary N) is 1. The van der Waals surface area contributed by atoms with Crippen molar-refractivity contribution in [3.05, 3.63) is 23.8 Å². The number of methoxy groups -OCH3 is 1. The van der Waals surface area contributed by atoms with Crippen LogP contribution in [0.15, 0.2) is 18.2 Å². The molecule has 1 aliphatic rings. The second-order valence-corrected chi connectivity index (χ2v) is 5.95. The van der Waals surface area contributed by atoms with Crippen LogP contribution in [-0.4, -0.2) is 18.3 Å². The van der Waals surface area contributed by atoms with Gasteiger partial charge >= 0.3 is 0 Å². The smallest absolute Gasteiger partial charge is 0.120 e. The van der Waals surface area contributed by atoms with Gasteiger partial charge in [-0.2, -0.15) is 0 Å². The fourth-order valence-electron chi connectivity index (χ4n) is 3.26. The Balaban J connectivity index is 2.02. The van der Waals surface area contributed by atoms with Gasteiger partial charge in [0.2, 0.25) is 0 Å². The summed E-state index contributed by atoms with van der Waals surface area (Å²) in [5.41, 5.74) is 0.919. The van der Waals surface area contributed by atoms with E-state index < -0.39 is 0 Å². The lowest BCUT2D eigenvalue weighted by atomic mass is 9.84. The number of hydrogen-bond acceptors (Lipinski definition) is 3. The molecule has 0 saturated heterocycles. The van der Waals surface area contributed by atoms with E-state index in [0.29, 0.717) is 11.8 Å². The van der Waals surface area contributed by atoms with Crippen LogP contribution in [-0.2, 0) is 0 Å². The molecule has 2 rings (SSSR count). The lowest BCUT2D eigenvalue weighted by Crippen LogP contribution is -2.35. The van der Waals surface area contributed by atoms with Gasteiger partial charge in [-0.25, -0.2) is 0 Å². The zero-order valence-corrected chi connectivity index (χ0v) is 12.9. The van der Waals surface area contributed by atoms with Crippen LogP contribution >= 0.6 is 0 Å². The molecule has 112 valence electrons. The van der Waals surface area contributed by atoms with Gasteiger partial charge in [-0.15, -0.1) is 0 Å². The fourth-order valence-corrected chi connectivity index (χ4v) is 3.26. The Kier molecular flexibility index (Phi) is 5.30. The van der Waals surface area contributed by atoms with Gasteiger partial charge in [-0.1, -0.05) is 26.2 Å². The molecule has 1 saturated carbocycles. The van der Waals surface area contributed by atoms with Crippen LogP contribution in [0.4, 0.5) is 0 Å². The van der Waals surface area contributed by atoms with E-state index in [1.807, 2.05) is 6.07 Å². The maximum absolute atomic E-state index is 10.0. The lowest BCUT2D eigenvalue weighted by Gasteiger charge is -2.31. The second kappa shape index (κ2) is 6.98. The minimum Gasteiger partial charge on any atom is -0.508 e. The molecule has 1 aromatic carbocycles. The van der Waals surface area contributed by atoms with Crippen molar-refractivity contribution in [1.29, 1.82) is 0 Å². The van der Waals surface area contributed by atoms with Gasteiger partial charge in [0.05, 0.1) is 7.11 Å². The lowest BCUT2D eigenvalue weighted by molar-refractivity contribution is 0.264. The summed E-state index contributed by atoms with van der Waals surface area (Å²) in [6, 6.07) is 6.13. The molecule has 0 aromatic heterocycles. The van der Waals surface area contributed by atoms with Gasteiger partial charge in [0.1, 0.15) is 11.5 Å². The first-order chi connectivity index (χ1) is 9.63. The maximum atomic E-state index is 10.0. The van der Waals surface area contributed by atoms with Crippen molar-refractivity contribution in [2.45, 2.75) is 58.0 Å². The molecule has 0 aliphatic heterocycles. The highest BCUT2D eigenvalue weighted by molar-refractivity contribution is 5.41. The average Bonchev–Trinajstić information content (AvgIpc) is 2.47. The monoisotopic (exact) mass is 277 g/mol. The Labute approximate surface area is 122 Å². The molecule has 0 amide bonds. The highest BCUT2D eigenvalue weighted by Crippen LogP contribution is 2.31. The third kappa shape index (κ3) is 3.66. The first kappa shape index (κ1) is 15.2. The van der Waals surface area contributed by atoms with Crippen molar-refractivity contribution in [2.24, 2.45) is 5.92 Å². The molecule has 3 heteroatoms. The van der Waals surface area contributed by atoms with Gasteiger partial charge < -0.3 is 15.2 Å². The Morgan fingerprint density at radius 2 is 2.20 bits per heavy atom. The Hall–Kier alpha value is -1.22. The summed E-state index contributed by atoms with van der Waals surface area (Å²) in [6.45, 7) is 4.40. The molecular weight excluding hydrogens is 250 g/mol. The van der Waals surface area contributed by atoms with E-state index in [1.54, 1.807) is 19.2 Å². The molecule has 3 nitrogen and oxygen atoms in total. The maximum Gasteiger partial charge on any atom is 0.120 e. The van der Waals surface area contributed by atoms with Crippen LogP contribution in [0.5, 0.6) is 11.5 Å². The van der Waals surface area contributed by atoms with Crippen molar-refractivity contribution in [2.75, 3.05) is 7.11 Å². The Morgan fingerprint density at radius 3 is 2.90 bits per heavy atom. The van der Waals surface area contributed by atoms with Crippen LogP contribution < -0.4 is 10.1 Å². The summed E-state index contributed by atoms with van der Waals surface area (Å²) < 4.78 is 5.25. The number of benzene rings is 1. The van der Waals surface area contributed by atoms with E-state index in [1.165, 1.54) is 32.1 Å². The van der Waals surface area contributed by atoms with Crippen molar-refractivity contribution >= 4 is 0 Å². The first-order valence-corrected chi connectivity index (χ1v) is 7.77. The second-order valence-electron chi connectivity index (χ2n) is 5.95. The van der Waals surface area contributed by atoms with Gasteiger partial charge in [0.25, 0.3) is 0 Å².